The molecule has 1 aliphatic heterocycles. The summed E-state index contributed by atoms with van der Waals surface area (Å²) in [5, 5.41) is 0. The first-order chi connectivity index (χ1) is 9.13. The van der Waals surface area contributed by atoms with E-state index in [9.17, 15) is 4.79 Å². The second-order valence-corrected chi connectivity index (χ2v) is 5.16. The number of nitrogens with zero attached hydrogens (tertiary/aromatic N) is 1. The van der Waals surface area contributed by atoms with E-state index in [1.165, 1.54) is 0 Å². The smallest absolute Gasteiger partial charge is 0.230 e. The largest absolute Gasteiger partial charge is 0.373 e. The molecule has 0 aliphatic carbocycles. The highest BCUT2D eigenvalue weighted by atomic mass is 16.5. The molecule has 0 radical (unpaired) electrons. The average molecular weight is 262 g/mol. The summed E-state index contributed by atoms with van der Waals surface area (Å²) in [4.78, 5) is 14.5. The summed E-state index contributed by atoms with van der Waals surface area (Å²) in [6.07, 6.45) is -0.0388. The second-order valence-electron chi connectivity index (χ2n) is 5.16. The zero-order valence-electron chi connectivity index (χ0n) is 11.6. The Labute approximate surface area is 114 Å². The molecule has 1 heterocycles. The lowest BCUT2D eigenvalue weighted by molar-refractivity contribution is -0.144. The number of carbonyl (C=O) groups excluding carboxylic acids is 1. The molecule has 1 saturated heterocycles. The van der Waals surface area contributed by atoms with Gasteiger partial charge in [-0.05, 0) is 19.4 Å². The Morgan fingerprint density at radius 1 is 1.47 bits per heavy atom. The molecule has 0 saturated carbocycles. The zero-order valence-corrected chi connectivity index (χ0v) is 11.6. The first-order valence-corrected chi connectivity index (χ1v) is 6.80. The van der Waals surface area contributed by atoms with Crippen molar-refractivity contribution < 1.29 is 9.53 Å². The molecule has 1 aromatic rings. The van der Waals surface area contributed by atoms with Gasteiger partial charge in [-0.15, -0.1) is 0 Å². The van der Waals surface area contributed by atoms with Crippen LogP contribution in [0.15, 0.2) is 30.3 Å². The van der Waals surface area contributed by atoms with Crippen LogP contribution < -0.4 is 5.73 Å². The summed E-state index contributed by atoms with van der Waals surface area (Å²) in [6, 6.07) is 9.99. The van der Waals surface area contributed by atoms with E-state index in [2.05, 4.69) is 0 Å². The molecule has 1 aliphatic rings. The Bertz CT molecular complexity index is 421. The Balaban J connectivity index is 2.09. The van der Waals surface area contributed by atoms with Gasteiger partial charge in [0.25, 0.3) is 0 Å². The van der Waals surface area contributed by atoms with Crippen LogP contribution in [0.3, 0.4) is 0 Å². The molecular formula is C15H22N2O2. The van der Waals surface area contributed by atoms with Crippen LogP contribution in [0.5, 0.6) is 0 Å². The third kappa shape index (κ3) is 3.14. The highest BCUT2D eigenvalue weighted by Crippen LogP contribution is 2.21. The predicted molar refractivity (Wildman–Crippen MR) is 74.8 cm³/mol. The summed E-state index contributed by atoms with van der Waals surface area (Å²) in [5.74, 6) is 0.0284. The van der Waals surface area contributed by atoms with Crippen LogP contribution in [0.2, 0.25) is 0 Å². The van der Waals surface area contributed by atoms with Crippen molar-refractivity contribution in [3.63, 3.8) is 0 Å². The fourth-order valence-electron chi connectivity index (χ4n) is 2.40. The Morgan fingerprint density at radius 2 is 2.16 bits per heavy atom. The molecule has 2 N–H and O–H groups in total. The molecule has 3 unspecified atom stereocenters. The summed E-state index contributed by atoms with van der Waals surface area (Å²) < 4.78 is 5.59. The quantitative estimate of drug-likeness (QED) is 0.895. The third-order valence-corrected chi connectivity index (χ3v) is 3.72. The van der Waals surface area contributed by atoms with Crippen LogP contribution in [0.4, 0.5) is 0 Å². The Hall–Kier alpha value is -1.39. The number of carbonyl (C=O) groups is 1. The van der Waals surface area contributed by atoms with E-state index in [1.54, 1.807) is 0 Å². The van der Waals surface area contributed by atoms with Crippen LogP contribution in [-0.4, -0.2) is 42.6 Å². The van der Waals surface area contributed by atoms with E-state index in [-0.39, 0.29) is 24.0 Å². The maximum atomic E-state index is 12.6. The molecule has 0 spiro atoms. The molecule has 1 fully saturated rings. The average Bonchev–Trinajstić information content (AvgIpc) is 2.47. The minimum absolute atomic E-state index is 0.0388. The lowest BCUT2D eigenvalue weighted by Gasteiger charge is -2.39. The second kappa shape index (κ2) is 6.17. The van der Waals surface area contributed by atoms with Crippen molar-refractivity contribution in [1.29, 1.82) is 0 Å². The monoisotopic (exact) mass is 262 g/mol. The van der Waals surface area contributed by atoms with Crippen molar-refractivity contribution in [1.82, 2.24) is 4.90 Å². The van der Waals surface area contributed by atoms with Gasteiger partial charge in [0, 0.05) is 13.1 Å². The lowest BCUT2D eigenvalue weighted by atomic mass is 9.98. The Kier molecular flexibility index (Phi) is 4.56. The zero-order chi connectivity index (χ0) is 13.8. The normalized spacial score (nSPS) is 25.1. The van der Waals surface area contributed by atoms with E-state index in [4.69, 9.17) is 10.5 Å². The number of hydrogen-bond donors (Lipinski definition) is 1. The molecule has 0 aromatic heterocycles. The van der Waals surface area contributed by atoms with Crippen LogP contribution in [-0.2, 0) is 9.53 Å². The molecule has 2 rings (SSSR count). The molecular weight excluding hydrogens is 240 g/mol. The molecule has 0 bridgehead atoms. The molecule has 4 heteroatoms. The van der Waals surface area contributed by atoms with Gasteiger partial charge < -0.3 is 15.4 Å². The van der Waals surface area contributed by atoms with Crippen LogP contribution in [0.1, 0.15) is 25.3 Å². The van der Waals surface area contributed by atoms with Gasteiger partial charge in [-0.25, -0.2) is 0 Å². The molecule has 3 atom stereocenters. The van der Waals surface area contributed by atoms with E-state index < -0.39 is 0 Å². The van der Waals surface area contributed by atoms with Gasteiger partial charge in [0.05, 0.1) is 24.7 Å². The summed E-state index contributed by atoms with van der Waals surface area (Å²) in [7, 11) is 0. The van der Waals surface area contributed by atoms with E-state index >= 15 is 0 Å². The number of hydrogen-bond acceptors (Lipinski definition) is 3. The number of nitrogens with two attached hydrogens (primary N) is 1. The summed E-state index contributed by atoms with van der Waals surface area (Å²) in [5.41, 5.74) is 6.69. The molecule has 4 nitrogen and oxygen atoms in total. The van der Waals surface area contributed by atoms with Gasteiger partial charge in [0.1, 0.15) is 0 Å². The van der Waals surface area contributed by atoms with Gasteiger partial charge in [0.15, 0.2) is 0 Å². The molecule has 104 valence electrons. The fourth-order valence-corrected chi connectivity index (χ4v) is 2.40. The first-order valence-electron chi connectivity index (χ1n) is 6.80. The van der Waals surface area contributed by atoms with Gasteiger partial charge >= 0.3 is 0 Å². The number of morpholine rings is 1. The topological polar surface area (TPSA) is 55.6 Å². The minimum atomic E-state index is -0.125. The highest BCUT2D eigenvalue weighted by Gasteiger charge is 2.31. The van der Waals surface area contributed by atoms with Crippen molar-refractivity contribution in [2.24, 2.45) is 5.73 Å². The van der Waals surface area contributed by atoms with Crippen molar-refractivity contribution in [2.45, 2.75) is 31.9 Å². The summed E-state index contributed by atoms with van der Waals surface area (Å²) >= 11 is 0. The van der Waals surface area contributed by atoms with Gasteiger partial charge in [0.2, 0.25) is 5.91 Å². The predicted octanol–water partition coefficient (Wildman–Crippen LogP) is 1.36. The Morgan fingerprint density at radius 3 is 2.79 bits per heavy atom. The van der Waals surface area contributed by atoms with Crippen molar-refractivity contribution in [3.8, 4) is 0 Å². The number of ether oxygens (including phenoxy) is 1. The first kappa shape index (κ1) is 14.0. The molecule has 1 aromatic carbocycles. The van der Waals surface area contributed by atoms with Crippen LogP contribution >= 0.6 is 0 Å². The van der Waals surface area contributed by atoms with Crippen LogP contribution in [0.25, 0.3) is 0 Å². The van der Waals surface area contributed by atoms with Crippen molar-refractivity contribution in [2.75, 3.05) is 19.7 Å². The van der Waals surface area contributed by atoms with Gasteiger partial charge in [-0.2, -0.15) is 0 Å². The minimum Gasteiger partial charge on any atom is -0.373 e. The third-order valence-electron chi connectivity index (χ3n) is 3.72. The van der Waals surface area contributed by atoms with Gasteiger partial charge in [-0.3, -0.25) is 4.79 Å². The maximum absolute atomic E-state index is 12.6. The molecule has 19 heavy (non-hydrogen) atoms. The SMILES string of the molecule is CC(C(=O)N1CC(CN)OCC1C)c1ccccc1. The van der Waals surface area contributed by atoms with Crippen molar-refractivity contribution >= 4 is 5.91 Å². The number of benzene rings is 1. The summed E-state index contributed by atoms with van der Waals surface area (Å²) in [6.45, 7) is 5.58. The lowest BCUT2D eigenvalue weighted by Crippen LogP contribution is -2.53. The molecule has 1 amide bonds. The number of rotatable bonds is 3. The standard InChI is InChI=1S/C15H22N2O2/c1-11-10-19-14(8-16)9-17(11)15(18)12(2)13-6-4-3-5-7-13/h3-7,11-12,14H,8-10,16H2,1-2H3. The highest BCUT2D eigenvalue weighted by molar-refractivity contribution is 5.83. The fraction of sp³-hybridized carbons (Fsp3) is 0.533. The van der Waals surface area contributed by atoms with E-state index in [0.29, 0.717) is 19.7 Å². The van der Waals surface area contributed by atoms with Gasteiger partial charge in [-0.1, -0.05) is 30.3 Å². The van der Waals surface area contributed by atoms with Crippen LogP contribution in [0, 0.1) is 0 Å². The maximum Gasteiger partial charge on any atom is 0.230 e. The van der Waals surface area contributed by atoms with E-state index in [0.717, 1.165) is 5.56 Å². The van der Waals surface area contributed by atoms with E-state index in [1.807, 2.05) is 49.1 Å². The van der Waals surface area contributed by atoms with Crippen molar-refractivity contribution in [3.05, 3.63) is 35.9 Å². The number of amides is 1.